The Hall–Kier alpha value is -0.970. The molecule has 0 aliphatic heterocycles. The second-order valence-electron chi connectivity index (χ2n) is 5.74. The summed E-state index contributed by atoms with van der Waals surface area (Å²) >= 11 is 12.2. The van der Waals surface area contributed by atoms with E-state index in [1.807, 2.05) is 27.7 Å². The largest absolute Gasteiger partial charge is 0.482 e. The SMILES string of the molecule is CCNCc1cc(Cl)cc(Cl)c1OCC(=O)NC(C)(C)C. The predicted octanol–water partition coefficient (Wildman–Crippen LogP) is 3.40. The number of ether oxygens (including phenoxy) is 1. The fourth-order valence-corrected chi connectivity index (χ4v) is 2.35. The smallest absolute Gasteiger partial charge is 0.258 e. The summed E-state index contributed by atoms with van der Waals surface area (Å²) in [5.74, 6) is 0.300. The fraction of sp³-hybridized carbons (Fsp3) is 0.533. The molecule has 0 aliphatic rings. The van der Waals surface area contributed by atoms with Crippen LogP contribution in [-0.2, 0) is 11.3 Å². The van der Waals surface area contributed by atoms with Crippen molar-refractivity contribution in [3.8, 4) is 5.75 Å². The first-order valence-corrected chi connectivity index (χ1v) is 7.61. The van der Waals surface area contributed by atoms with Gasteiger partial charge in [-0.3, -0.25) is 4.79 Å². The molecule has 0 radical (unpaired) electrons. The van der Waals surface area contributed by atoms with Crippen LogP contribution in [0.4, 0.5) is 0 Å². The molecule has 0 heterocycles. The number of nitrogens with one attached hydrogen (secondary N) is 2. The monoisotopic (exact) mass is 332 g/mol. The molecule has 0 fully saturated rings. The van der Waals surface area contributed by atoms with Gasteiger partial charge in [-0.05, 0) is 39.4 Å². The molecule has 0 spiro atoms. The topological polar surface area (TPSA) is 50.4 Å². The average Bonchev–Trinajstić information content (AvgIpc) is 2.32. The standard InChI is InChI=1S/C15H22Cl2N2O2/c1-5-18-8-10-6-11(16)7-12(17)14(10)21-9-13(20)19-15(2,3)4/h6-7,18H,5,8-9H2,1-4H3,(H,19,20). The molecule has 6 heteroatoms. The first-order valence-electron chi connectivity index (χ1n) is 6.85. The molecule has 1 aromatic carbocycles. The highest BCUT2D eigenvalue weighted by Gasteiger charge is 2.16. The van der Waals surface area contributed by atoms with Crippen LogP contribution in [0.1, 0.15) is 33.3 Å². The Balaban J connectivity index is 2.79. The maximum absolute atomic E-state index is 11.8. The Kier molecular flexibility index (Phi) is 6.78. The van der Waals surface area contributed by atoms with Crippen LogP contribution in [0.2, 0.25) is 10.0 Å². The number of halogens is 2. The summed E-state index contributed by atoms with van der Waals surface area (Å²) in [7, 11) is 0. The van der Waals surface area contributed by atoms with E-state index in [4.69, 9.17) is 27.9 Å². The molecule has 0 bridgehead atoms. The van der Waals surface area contributed by atoms with Crippen molar-refractivity contribution in [2.45, 2.75) is 39.8 Å². The van der Waals surface area contributed by atoms with Gasteiger partial charge < -0.3 is 15.4 Å². The van der Waals surface area contributed by atoms with E-state index >= 15 is 0 Å². The van der Waals surface area contributed by atoms with E-state index in [9.17, 15) is 4.79 Å². The molecule has 118 valence electrons. The van der Waals surface area contributed by atoms with Crippen LogP contribution in [0.25, 0.3) is 0 Å². The summed E-state index contributed by atoms with van der Waals surface area (Å²) in [6, 6.07) is 3.39. The first kappa shape index (κ1) is 18.1. The van der Waals surface area contributed by atoms with Crippen LogP contribution in [0.5, 0.6) is 5.75 Å². The Morgan fingerprint density at radius 2 is 1.95 bits per heavy atom. The van der Waals surface area contributed by atoms with E-state index in [1.165, 1.54) is 0 Å². The van der Waals surface area contributed by atoms with Crippen molar-refractivity contribution in [3.05, 3.63) is 27.7 Å². The van der Waals surface area contributed by atoms with Crippen LogP contribution < -0.4 is 15.4 Å². The lowest BCUT2D eigenvalue weighted by Crippen LogP contribution is -2.43. The molecule has 1 rings (SSSR count). The molecule has 0 aromatic heterocycles. The lowest BCUT2D eigenvalue weighted by Gasteiger charge is -2.21. The van der Waals surface area contributed by atoms with E-state index in [1.54, 1.807) is 12.1 Å². The molecular weight excluding hydrogens is 311 g/mol. The highest BCUT2D eigenvalue weighted by molar-refractivity contribution is 6.35. The van der Waals surface area contributed by atoms with Crippen molar-refractivity contribution >= 4 is 29.1 Å². The van der Waals surface area contributed by atoms with Gasteiger partial charge in [0, 0.05) is 22.7 Å². The summed E-state index contributed by atoms with van der Waals surface area (Å²) in [5.41, 5.74) is 0.537. The first-order chi connectivity index (χ1) is 9.73. The lowest BCUT2D eigenvalue weighted by molar-refractivity contribution is -0.124. The zero-order valence-corrected chi connectivity index (χ0v) is 14.4. The van der Waals surface area contributed by atoms with Crippen molar-refractivity contribution in [1.29, 1.82) is 0 Å². The summed E-state index contributed by atoms with van der Waals surface area (Å²) in [6.45, 7) is 9.05. The maximum atomic E-state index is 11.8. The number of benzene rings is 1. The van der Waals surface area contributed by atoms with Crippen LogP contribution in [0, 0.1) is 0 Å². The summed E-state index contributed by atoms with van der Waals surface area (Å²) in [4.78, 5) is 11.8. The average molecular weight is 333 g/mol. The second-order valence-corrected chi connectivity index (χ2v) is 6.59. The van der Waals surface area contributed by atoms with Crippen molar-refractivity contribution < 1.29 is 9.53 Å². The Morgan fingerprint density at radius 3 is 2.52 bits per heavy atom. The molecule has 1 aromatic rings. The van der Waals surface area contributed by atoms with Crippen LogP contribution >= 0.6 is 23.2 Å². The predicted molar refractivity (Wildman–Crippen MR) is 87.2 cm³/mol. The molecule has 0 aliphatic carbocycles. The van der Waals surface area contributed by atoms with E-state index in [-0.39, 0.29) is 18.1 Å². The second kappa shape index (κ2) is 7.87. The van der Waals surface area contributed by atoms with Gasteiger partial charge in [0.1, 0.15) is 5.75 Å². The van der Waals surface area contributed by atoms with Gasteiger partial charge >= 0.3 is 0 Å². The third-order valence-corrected chi connectivity index (χ3v) is 3.01. The highest BCUT2D eigenvalue weighted by atomic mass is 35.5. The number of hydrogen-bond acceptors (Lipinski definition) is 3. The number of carbonyl (C=O) groups is 1. The van der Waals surface area contributed by atoms with E-state index in [0.717, 1.165) is 12.1 Å². The molecule has 0 saturated carbocycles. The Morgan fingerprint density at radius 1 is 1.29 bits per heavy atom. The number of rotatable bonds is 6. The molecule has 21 heavy (non-hydrogen) atoms. The van der Waals surface area contributed by atoms with Gasteiger partial charge in [-0.15, -0.1) is 0 Å². The maximum Gasteiger partial charge on any atom is 0.258 e. The molecule has 0 saturated heterocycles. The van der Waals surface area contributed by atoms with E-state index < -0.39 is 0 Å². The van der Waals surface area contributed by atoms with Gasteiger partial charge in [0.15, 0.2) is 6.61 Å². The van der Waals surface area contributed by atoms with Gasteiger partial charge in [0.2, 0.25) is 0 Å². The quantitative estimate of drug-likeness (QED) is 0.839. The highest BCUT2D eigenvalue weighted by Crippen LogP contribution is 2.32. The molecular formula is C15H22Cl2N2O2. The van der Waals surface area contributed by atoms with Crippen molar-refractivity contribution in [2.75, 3.05) is 13.2 Å². The van der Waals surface area contributed by atoms with E-state index in [0.29, 0.717) is 22.3 Å². The third-order valence-electron chi connectivity index (χ3n) is 2.51. The van der Waals surface area contributed by atoms with Crippen LogP contribution in [0.15, 0.2) is 12.1 Å². The Bertz CT molecular complexity index is 499. The minimum Gasteiger partial charge on any atom is -0.482 e. The van der Waals surface area contributed by atoms with Crippen LogP contribution in [0.3, 0.4) is 0 Å². The molecule has 0 atom stereocenters. The van der Waals surface area contributed by atoms with Crippen molar-refractivity contribution in [1.82, 2.24) is 10.6 Å². The lowest BCUT2D eigenvalue weighted by atomic mass is 10.1. The Labute approximate surface area is 136 Å². The van der Waals surface area contributed by atoms with Crippen molar-refractivity contribution in [3.63, 3.8) is 0 Å². The van der Waals surface area contributed by atoms with E-state index in [2.05, 4.69) is 10.6 Å². The van der Waals surface area contributed by atoms with Crippen molar-refractivity contribution in [2.24, 2.45) is 0 Å². The molecule has 4 nitrogen and oxygen atoms in total. The summed E-state index contributed by atoms with van der Waals surface area (Å²) < 4.78 is 5.59. The van der Waals surface area contributed by atoms with Gasteiger partial charge in [-0.1, -0.05) is 30.1 Å². The summed E-state index contributed by atoms with van der Waals surface area (Å²) in [5, 5.41) is 6.96. The normalized spacial score (nSPS) is 11.3. The summed E-state index contributed by atoms with van der Waals surface area (Å²) in [6.07, 6.45) is 0. The molecule has 1 amide bonds. The number of hydrogen-bond donors (Lipinski definition) is 2. The minimum absolute atomic E-state index is 0.0856. The number of carbonyl (C=O) groups excluding carboxylic acids is 1. The number of amides is 1. The third kappa shape index (κ3) is 6.55. The van der Waals surface area contributed by atoms with Gasteiger partial charge in [-0.2, -0.15) is 0 Å². The zero-order valence-electron chi connectivity index (χ0n) is 12.8. The zero-order chi connectivity index (χ0) is 16.0. The van der Waals surface area contributed by atoms with Gasteiger partial charge in [-0.25, -0.2) is 0 Å². The molecule has 2 N–H and O–H groups in total. The fourth-order valence-electron chi connectivity index (χ4n) is 1.76. The minimum atomic E-state index is -0.295. The van der Waals surface area contributed by atoms with Gasteiger partial charge in [0.25, 0.3) is 5.91 Å². The van der Waals surface area contributed by atoms with Gasteiger partial charge in [0.05, 0.1) is 5.02 Å². The molecule has 0 unspecified atom stereocenters. The van der Waals surface area contributed by atoms with Crippen LogP contribution in [-0.4, -0.2) is 24.6 Å².